The van der Waals surface area contributed by atoms with Crippen LogP contribution in [0.15, 0.2) is 34.3 Å². The van der Waals surface area contributed by atoms with Gasteiger partial charge in [-0.15, -0.1) is 0 Å². The van der Waals surface area contributed by atoms with Crippen LogP contribution in [0.25, 0.3) is 0 Å². The van der Waals surface area contributed by atoms with Gasteiger partial charge in [0.2, 0.25) is 0 Å². The number of nitrogens with zero attached hydrogens (tertiary/aromatic N) is 1. The minimum absolute atomic E-state index is 0.0198. The zero-order valence-electron chi connectivity index (χ0n) is 12.3. The van der Waals surface area contributed by atoms with Crippen LogP contribution in [0, 0.1) is 12.3 Å². The second-order valence-electron chi connectivity index (χ2n) is 6.06. The van der Waals surface area contributed by atoms with Crippen molar-refractivity contribution in [3.05, 3.63) is 29.8 Å². The third-order valence-corrected chi connectivity index (χ3v) is 5.10. The molecule has 0 atom stereocenters. The summed E-state index contributed by atoms with van der Waals surface area (Å²) < 4.78 is 24.4. The number of aryl methyl sites for hydroxylation is 1. The van der Waals surface area contributed by atoms with Crippen LogP contribution in [0.4, 0.5) is 0 Å². The highest BCUT2D eigenvalue weighted by Crippen LogP contribution is 2.32. The van der Waals surface area contributed by atoms with Crippen LogP contribution in [-0.4, -0.2) is 14.1 Å². The molecule has 110 valence electrons. The number of sulfonamides is 1. The molecule has 1 aliphatic rings. The van der Waals surface area contributed by atoms with Gasteiger partial charge in [-0.05, 0) is 38.3 Å². The van der Waals surface area contributed by atoms with E-state index in [-0.39, 0.29) is 10.3 Å². The number of rotatable bonds is 3. The molecule has 0 saturated heterocycles. The summed E-state index contributed by atoms with van der Waals surface area (Å²) >= 11 is 0. The predicted molar refractivity (Wildman–Crippen MR) is 81.2 cm³/mol. The van der Waals surface area contributed by atoms with E-state index in [9.17, 15) is 8.42 Å². The van der Waals surface area contributed by atoms with Crippen LogP contribution in [-0.2, 0) is 10.0 Å². The molecule has 20 heavy (non-hydrogen) atoms. The second-order valence-corrected chi connectivity index (χ2v) is 7.72. The molecule has 0 amide bonds. The molecule has 0 spiro atoms. The fourth-order valence-electron chi connectivity index (χ4n) is 2.43. The molecule has 1 aromatic carbocycles. The van der Waals surface area contributed by atoms with Gasteiger partial charge in [-0.1, -0.05) is 38.0 Å². The molecule has 4 nitrogen and oxygen atoms in total. The molecule has 0 heterocycles. The molecule has 0 radical (unpaired) electrons. The van der Waals surface area contributed by atoms with Crippen molar-refractivity contribution in [2.24, 2.45) is 10.5 Å². The van der Waals surface area contributed by atoms with Gasteiger partial charge in [0, 0.05) is 11.1 Å². The predicted octanol–water partition coefficient (Wildman–Crippen LogP) is 3.23. The zero-order valence-corrected chi connectivity index (χ0v) is 13.1. The summed E-state index contributed by atoms with van der Waals surface area (Å²) in [6.45, 7) is 6.16. The summed E-state index contributed by atoms with van der Waals surface area (Å²) in [4.78, 5) is 2.63. The lowest BCUT2D eigenvalue weighted by Crippen LogP contribution is -2.31. The van der Waals surface area contributed by atoms with Crippen LogP contribution >= 0.6 is 0 Å². The van der Waals surface area contributed by atoms with Gasteiger partial charge >= 0.3 is 0 Å². The van der Waals surface area contributed by atoms with E-state index in [2.05, 4.69) is 23.8 Å². The van der Waals surface area contributed by atoms with Crippen LogP contribution in [0.1, 0.15) is 45.1 Å². The lowest BCUT2D eigenvalue weighted by atomic mass is 9.76. The van der Waals surface area contributed by atoms with Crippen LogP contribution in [0.2, 0.25) is 0 Å². The van der Waals surface area contributed by atoms with Gasteiger partial charge in [0.1, 0.15) is 0 Å². The van der Waals surface area contributed by atoms with Crippen LogP contribution < -0.4 is 4.83 Å². The maximum Gasteiger partial charge on any atom is 0.276 e. The Kier molecular flexibility index (Phi) is 4.18. The van der Waals surface area contributed by atoms with E-state index in [0.29, 0.717) is 0 Å². The normalized spacial score (nSPS) is 20.9. The molecule has 1 aliphatic carbocycles. The van der Waals surface area contributed by atoms with Crippen molar-refractivity contribution < 1.29 is 8.42 Å². The Bertz CT molecular complexity index is 601. The molecule has 0 unspecified atom stereocenters. The highest BCUT2D eigenvalue weighted by Gasteiger charge is 2.28. The van der Waals surface area contributed by atoms with Gasteiger partial charge in [-0.25, -0.2) is 4.83 Å². The number of benzene rings is 1. The summed E-state index contributed by atoms with van der Waals surface area (Å²) in [5.74, 6) is 0. The molecule has 1 aromatic rings. The molecule has 0 aliphatic heterocycles. The molecule has 1 N–H and O–H groups in total. The van der Waals surface area contributed by atoms with Gasteiger partial charge in [-0.3, -0.25) is 0 Å². The molecular formula is C15H22N2O2S. The minimum atomic E-state index is -3.56. The van der Waals surface area contributed by atoms with E-state index in [0.717, 1.165) is 30.5 Å². The Balaban J connectivity index is 2.18. The summed E-state index contributed by atoms with van der Waals surface area (Å²) in [5.41, 5.74) is 1.96. The van der Waals surface area contributed by atoms with E-state index >= 15 is 0 Å². The first-order valence-electron chi connectivity index (χ1n) is 6.97. The molecular weight excluding hydrogens is 272 g/mol. The van der Waals surface area contributed by atoms with Gasteiger partial charge in [0.05, 0.1) is 4.90 Å². The van der Waals surface area contributed by atoms with Crippen molar-refractivity contribution in [2.45, 2.75) is 51.3 Å². The summed E-state index contributed by atoms with van der Waals surface area (Å²) in [7, 11) is -3.56. The van der Waals surface area contributed by atoms with E-state index < -0.39 is 10.0 Å². The molecule has 5 heteroatoms. The molecule has 0 aromatic heterocycles. The second kappa shape index (κ2) is 5.56. The number of nitrogens with one attached hydrogen (secondary N) is 1. The quantitative estimate of drug-likeness (QED) is 0.870. The molecule has 1 saturated carbocycles. The van der Waals surface area contributed by atoms with E-state index in [1.165, 1.54) is 6.42 Å². The fraction of sp³-hybridized carbons (Fsp3) is 0.533. The monoisotopic (exact) mass is 294 g/mol. The average molecular weight is 294 g/mol. The van der Waals surface area contributed by atoms with Gasteiger partial charge < -0.3 is 0 Å². The Morgan fingerprint density at radius 3 is 2.40 bits per heavy atom. The summed E-state index contributed by atoms with van der Waals surface area (Å²) in [5, 5.41) is 4.19. The van der Waals surface area contributed by atoms with E-state index in [1.807, 2.05) is 6.92 Å². The lowest BCUT2D eigenvalue weighted by Gasteiger charge is -2.31. The summed E-state index contributed by atoms with van der Waals surface area (Å²) in [6.07, 6.45) is 4.17. The van der Waals surface area contributed by atoms with Crippen molar-refractivity contribution in [1.29, 1.82) is 0 Å². The Morgan fingerprint density at radius 2 is 1.80 bits per heavy atom. The Morgan fingerprint density at radius 1 is 1.15 bits per heavy atom. The SMILES string of the molecule is Cc1ccc(S(=O)(=O)N/N=C2/CCCCC2(C)C)cc1. The lowest BCUT2D eigenvalue weighted by molar-refractivity contribution is 0.408. The molecule has 1 fully saturated rings. The number of hydrogen-bond donors (Lipinski definition) is 1. The Hall–Kier alpha value is -1.36. The number of hydrogen-bond acceptors (Lipinski definition) is 3. The van der Waals surface area contributed by atoms with Crippen molar-refractivity contribution in [2.75, 3.05) is 0 Å². The third kappa shape index (κ3) is 3.39. The smallest absolute Gasteiger partial charge is 0.200 e. The first-order chi connectivity index (χ1) is 9.31. The minimum Gasteiger partial charge on any atom is -0.200 e. The third-order valence-electron chi connectivity index (χ3n) is 3.88. The topological polar surface area (TPSA) is 58.5 Å². The fourth-order valence-corrected chi connectivity index (χ4v) is 3.26. The molecule has 2 rings (SSSR count). The largest absolute Gasteiger partial charge is 0.276 e. The van der Waals surface area contributed by atoms with Crippen molar-refractivity contribution in [3.8, 4) is 0 Å². The van der Waals surface area contributed by atoms with Gasteiger partial charge in [-0.2, -0.15) is 13.5 Å². The first-order valence-corrected chi connectivity index (χ1v) is 8.45. The highest BCUT2D eigenvalue weighted by atomic mass is 32.2. The van der Waals surface area contributed by atoms with Crippen LogP contribution in [0.5, 0.6) is 0 Å². The summed E-state index contributed by atoms with van der Waals surface area (Å²) in [6, 6.07) is 6.77. The van der Waals surface area contributed by atoms with Gasteiger partial charge in [0.15, 0.2) is 0 Å². The van der Waals surface area contributed by atoms with E-state index in [1.54, 1.807) is 24.3 Å². The number of hydrazone groups is 1. The van der Waals surface area contributed by atoms with E-state index in [4.69, 9.17) is 0 Å². The maximum absolute atomic E-state index is 12.2. The van der Waals surface area contributed by atoms with Crippen molar-refractivity contribution in [3.63, 3.8) is 0 Å². The van der Waals surface area contributed by atoms with Crippen LogP contribution in [0.3, 0.4) is 0 Å². The van der Waals surface area contributed by atoms with Crippen molar-refractivity contribution >= 4 is 15.7 Å². The molecule has 0 bridgehead atoms. The van der Waals surface area contributed by atoms with Crippen molar-refractivity contribution in [1.82, 2.24) is 4.83 Å². The highest BCUT2D eigenvalue weighted by molar-refractivity contribution is 7.89. The maximum atomic E-state index is 12.2. The Labute approximate surface area is 121 Å². The zero-order chi connectivity index (χ0) is 14.8. The first kappa shape index (κ1) is 15.0. The average Bonchev–Trinajstić information content (AvgIpc) is 2.37. The van der Waals surface area contributed by atoms with Gasteiger partial charge in [0.25, 0.3) is 10.0 Å². The standard InChI is InChI=1S/C15H22N2O2S/c1-12-7-9-13(10-8-12)20(18,19)17-16-14-6-4-5-11-15(14,2)3/h7-10,17H,4-6,11H2,1-3H3/b16-14-.